The molecule has 0 bridgehead atoms. The van der Waals surface area contributed by atoms with Crippen molar-refractivity contribution in [1.29, 1.82) is 0 Å². The highest BCUT2D eigenvalue weighted by Crippen LogP contribution is 2.29. The van der Waals surface area contributed by atoms with Crippen molar-refractivity contribution in [3.8, 4) is 5.82 Å². The largest absolute Gasteiger partial charge is 0.419 e. The fraction of sp³-hybridized carbons (Fsp3) is 0.300. The number of aryl methyl sites for hydroxylation is 1. The number of aromatic nitrogens is 4. The van der Waals surface area contributed by atoms with Crippen LogP contribution in [0.2, 0.25) is 5.15 Å². The van der Waals surface area contributed by atoms with Gasteiger partial charge < -0.3 is 0 Å². The monoisotopic (exact) mass is 276 g/mol. The van der Waals surface area contributed by atoms with Crippen molar-refractivity contribution in [2.24, 2.45) is 0 Å². The van der Waals surface area contributed by atoms with Gasteiger partial charge in [-0.25, -0.2) is 14.6 Å². The fourth-order valence-electron chi connectivity index (χ4n) is 1.32. The van der Waals surface area contributed by atoms with Gasteiger partial charge in [0, 0.05) is 18.7 Å². The highest BCUT2D eigenvalue weighted by molar-refractivity contribution is 6.29. The van der Waals surface area contributed by atoms with Gasteiger partial charge in [-0.05, 0) is 0 Å². The van der Waals surface area contributed by atoms with E-state index in [1.165, 1.54) is 6.07 Å². The Balaban J connectivity index is 2.43. The third-order valence-corrected chi connectivity index (χ3v) is 2.38. The summed E-state index contributed by atoms with van der Waals surface area (Å²) in [6, 6.07) is 1.36. The summed E-state index contributed by atoms with van der Waals surface area (Å²) in [5.41, 5.74) is -0.838. The quantitative estimate of drug-likeness (QED) is 0.792. The lowest BCUT2D eigenvalue weighted by molar-refractivity contribution is -0.137. The minimum Gasteiger partial charge on any atom is -0.222 e. The number of nitrogens with zero attached hydrogens (tertiary/aromatic N) is 4. The van der Waals surface area contributed by atoms with Crippen LogP contribution in [0.25, 0.3) is 5.82 Å². The molecule has 0 spiro atoms. The molecule has 0 aliphatic rings. The first-order valence-electron chi connectivity index (χ1n) is 5.06. The third-order valence-electron chi connectivity index (χ3n) is 2.19. The predicted octanol–water partition coefficient (Wildman–Crippen LogP) is 2.90. The molecule has 2 rings (SSSR count). The van der Waals surface area contributed by atoms with E-state index in [0.717, 1.165) is 17.1 Å². The second kappa shape index (κ2) is 4.56. The van der Waals surface area contributed by atoms with E-state index in [2.05, 4.69) is 15.1 Å². The molecule has 96 valence electrons. The molecule has 0 aromatic carbocycles. The van der Waals surface area contributed by atoms with Crippen molar-refractivity contribution in [3.63, 3.8) is 0 Å². The van der Waals surface area contributed by atoms with Crippen molar-refractivity contribution in [2.45, 2.75) is 19.5 Å². The maximum absolute atomic E-state index is 12.4. The van der Waals surface area contributed by atoms with Gasteiger partial charge in [0.2, 0.25) is 0 Å². The lowest BCUT2D eigenvalue weighted by Crippen LogP contribution is -2.04. The van der Waals surface area contributed by atoms with Gasteiger partial charge in [-0.1, -0.05) is 18.5 Å². The Kier molecular flexibility index (Phi) is 3.25. The number of hydrogen-bond acceptors (Lipinski definition) is 3. The third kappa shape index (κ3) is 2.61. The Hall–Kier alpha value is -1.63. The minimum absolute atomic E-state index is 0.168. The van der Waals surface area contributed by atoms with Crippen molar-refractivity contribution < 1.29 is 13.2 Å². The summed E-state index contributed by atoms with van der Waals surface area (Å²) in [7, 11) is 0. The second-order valence-electron chi connectivity index (χ2n) is 3.49. The summed E-state index contributed by atoms with van der Waals surface area (Å²) in [4.78, 5) is 7.98. The normalized spacial score (nSPS) is 11.8. The standard InChI is InChI=1S/C10H8ClF3N4/c1-2-8-16-7(11)3-9(17-8)18-5-6(4-15-18)10(12,13)14/h3-5H,2H2,1H3. The smallest absolute Gasteiger partial charge is 0.222 e. The van der Waals surface area contributed by atoms with E-state index < -0.39 is 11.7 Å². The van der Waals surface area contributed by atoms with E-state index >= 15 is 0 Å². The van der Waals surface area contributed by atoms with E-state index in [0.29, 0.717) is 12.2 Å². The zero-order valence-electron chi connectivity index (χ0n) is 9.24. The number of alkyl halides is 3. The molecule has 0 N–H and O–H groups in total. The molecule has 0 saturated carbocycles. The molecule has 8 heteroatoms. The molecule has 18 heavy (non-hydrogen) atoms. The van der Waals surface area contributed by atoms with E-state index in [9.17, 15) is 13.2 Å². The molecule has 0 fully saturated rings. The average Bonchev–Trinajstić information content (AvgIpc) is 2.77. The number of hydrogen-bond donors (Lipinski definition) is 0. The number of rotatable bonds is 2. The highest BCUT2D eigenvalue weighted by Gasteiger charge is 2.32. The van der Waals surface area contributed by atoms with Gasteiger partial charge in [0.25, 0.3) is 0 Å². The minimum atomic E-state index is -4.43. The Bertz CT molecular complexity index is 564. The van der Waals surface area contributed by atoms with E-state index in [1.807, 2.05) is 6.92 Å². The predicted molar refractivity (Wildman–Crippen MR) is 58.5 cm³/mol. The molecule has 2 heterocycles. The summed E-state index contributed by atoms with van der Waals surface area (Å²) in [6.45, 7) is 1.82. The van der Waals surface area contributed by atoms with Crippen LogP contribution < -0.4 is 0 Å². The molecule has 0 amide bonds. The summed E-state index contributed by atoms with van der Waals surface area (Å²) in [5.74, 6) is 0.656. The van der Waals surface area contributed by atoms with Crippen LogP contribution in [0.3, 0.4) is 0 Å². The van der Waals surface area contributed by atoms with Gasteiger partial charge in [-0.2, -0.15) is 18.3 Å². The molecule has 0 saturated heterocycles. The van der Waals surface area contributed by atoms with Crippen LogP contribution in [0.5, 0.6) is 0 Å². The van der Waals surface area contributed by atoms with Crippen LogP contribution in [0.4, 0.5) is 13.2 Å². The zero-order chi connectivity index (χ0) is 13.3. The molecule has 4 nitrogen and oxygen atoms in total. The highest BCUT2D eigenvalue weighted by atomic mass is 35.5. The molecular weight excluding hydrogens is 269 g/mol. The molecule has 2 aromatic heterocycles. The molecule has 0 radical (unpaired) electrons. The van der Waals surface area contributed by atoms with Gasteiger partial charge in [0.15, 0.2) is 5.82 Å². The molecule has 2 aromatic rings. The SMILES string of the molecule is CCc1nc(Cl)cc(-n2cc(C(F)(F)F)cn2)n1. The summed E-state index contributed by atoms with van der Waals surface area (Å²) >= 11 is 5.76. The summed E-state index contributed by atoms with van der Waals surface area (Å²) in [6.07, 6.45) is -2.30. The number of halogens is 4. The first-order valence-corrected chi connectivity index (χ1v) is 5.43. The van der Waals surface area contributed by atoms with Crippen LogP contribution in [-0.4, -0.2) is 19.7 Å². The van der Waals surface area contributed by atoms with Gasteiger partial charge in [-0.3, -0.25) is 0 Å². The molecular formula is C10H8ClF3N4. The second-order valence-corrected chi connectivity index (χ2v) is 3.88. The first kappa shape index (κ1) is 12.8. The lowest BCUT2D eigenvalue weighted by atomic mass is 10.3. The molecule has 0 unspecified atom stereocenters. The maximum atomic E-state index is 12.4. The Morgan fingerprint density at radius 3 is 2.61 bits per heavy atom. The zero-order valence-corrected chi connectivity index (χ0v) is 10.00. The average molecular weight is 277 g/mol. The van der Waals surface area contributed by atoms with Crippen molar-refractivity contribution in [3.05, 3.63) is 35.0 Å². The lowest BCUT2D eigenvalue weighted by Gasteiger charge is -2.04. The van der Waals surface area contributed by atoms with Gasteiger partial charge in [0.05, 0.1) is 11.8 Å². The van der Waals surface area contributed by atoms with Crippen molar-refractivity contribution >= 4 is 11.6 Å². The van der Waals surface area contributed by atoms with E-state index in [4.69, 9.17) is 11.6 Å². The Morgan fingerprint density at radius 2 is 2.06 bits per heavy atom. The van der Waals surface area contributed by atoms with Crippen LogP contribution in [-0.2, 0) is 12.6 Å². The van der Waals surface area contributed by atoms with Gasteiger partial charge in [0.1, 0.15) is 11.0 Å². The summed E-state index contributed by atoms with van der Waals surface area (Å²) in [5, 5.41) is 3.78. The van der Waals surface area contributed by atoms with Crippen LogP contribution in [0.15, 0.2) is 18.5 Å². The van der Waals surface area contributed by atoms with Crippen LogP contribution in [0, 0.1) is 0 Å². The molecule has 0 atom stereocenters. The first-order chi connectivity index (χ1) is 8.40. The van der Waals surface area contributed by atoms with Gasteiger partial charge in [-0.15, -0.1) is 0 Å². The summed E-state index contributed by atoms with van der Waals surface area (Å²) < 4.78 is 38.3. The molecule has 0 aliphatic heterocycles. The Labute approximate surface area is 105 Å². The van der Waals surface area contributed by atoms with E-state index in [1.54, 1.807) is 0 Å². The van der Waals surface area contributed by atoms with Crippen LogP contribution in [0.1, 0.15) is 18.3 Å². The van der Waals surface area contributed by atoms with E-state index in [-0.39, 0.29) is 11.0 Å². The van der Waals surface area contributed by atoms with Gasteiger partial charge >= 0.3 is 6.18 Å². The maximum Gasteiger partial charge on any atom is 0.419 e. The van der Waals surface area contributed by atoms with Crippen LogP contribution >= 0.6 is 11.6 Å². The Morgan fingerprint density at radius 1 is 1.33 bits per heavy atom. The van der Waals surface area contributed by atoms with Crippen molar-refractivity contribution in [2.75, 3.05) is 0 Å². The molecule has 0 aliphatic carbocycles. The van der Waals surface area contributed by atoms with Crippen molar-refractivity contribution in [1.82, 2.24) is 19.7 Å². The topological polar surface area (TPSA) is 43.6 Å². The fourth-order valence-corrected chi connectivity index (χ4v) is 1.52.